The van der Waals surface area contributed by atoms with Crippen LogP contribution in [0.3, 0.4) is 0 Å². The van der Waals surface area contributed by atoms with Crippen LogP contribution in [0.5, 0.6) is 0 Å². The fourth-order valence-electron chi connectivity index (χ4n) is 5.49. The third-order valence-corrected chi connectivity index (χ3v) is 8.73. The molecule has 216 valence electrons. The van der Waals surface area contributed by atoms with E-state index in [-0.39, 0.29) is 23.5 Å². The standard InChI is InChI=1S/C33H30FN7OS/c1-39-14-16-40(17-15-39)26-10-8-25(9-11-26)37-33-36-20-24-19-23(7-12-30-35-13-18-43-30)32(42)41(31(24)38-33)21-28-27(22-5-6-22)3-2-4-29(28)34/h2-4,8-11,13,18-20,22H,5-6,14-17,21H2,1H3,(H,36,37,38). The van der Waals surface area contributed by atoms with Gasteiger partial charge in [0, 0.05) is 66.3 Å². The zero-order valence-electron chi connectivity index (χ0n) is 23.8. The first-order valence-electron chi connectivity index (χ1n) is 14.4. The van der Waals surface area contributed by atoms with Crippen LogP contribution in [-0.4, -0.2) is 57.6 Å². The lowest BCUT2D eigenvalue weighted by molar-refractivity contribution is 0.313. The molecule has 0 amide bonds. The first-order valence-corrected chi connectivity index (χ1v) is 15.3. The van der Waals surface area contributed by atoms with Gasteiger partial charge in [0.15, 0.2) is 5.01 Å². The molecule has 1 N–H and O–H groups in total. The van der Waals surface area contributed by atoms with Crippen LogP contribution < -0.4 is 15.8 Å². The van der Waals surface area contributed by atoms with E-state index in [9.17, 15) is 4.79 Å². The number of nitrogens with one attached hydrogen (secondary N) is 1. The van der Waals surface area contributed by atoms with Gasteiger partial charge in [0.2, 0.25) is 5.95 Å². The van der Waals surface area contributed by atoms with Crippen LogP contribution in [-0.2, 0) is 6.54 Å². The SMILES string of the molecule is CN1CCN(c2ccc(Nc3ncc4cc(C#Cc5nccs5)c(=O)n(Cc5c(F)cccc5C5CC5)c4n3)cc2)CC1. The fraction of sp³-hybridized carbons (Fsp3) is 0.273. The molecule has 3 aromatic heterocycles. The highest BCUT2D eigenvalue weighted by atomic mass is 32.1. The molecule has 2 aliphatic rings. The van der Waals surface area contributed by atoms with Gasteiger partial charge in [0.05, 0.1) is 12.1 Å². The van der Waals surface area contributed by atoms with Crippen molar-refractivity contribution >= 4 is 39.7 Å². The lowest BCUT2D eigenvalue weighted by atomic mass is 10.0. The van der Waals surface area contributed by atoms with Crippen LogP contribution >= 0.6 is 11.3 Å². The highest BCUT2D eigenvalue weighted by Gasteiger charge is 2.28. The molecule has 1 saturated carbocycles. The predicted octanol–water partition coefficient (Wildman–Crippen LogP) is 5.21. The maximum Gasteiger partial charge on any atom is 0.268 e. The summed E-state index contributed by atoms with van der Waals surface area (Å²) in [6, 6.07) is 15.1. The van der Waals surface area contributed by atoms with Crippen molar-refractivity contribution < 1.29 is 4.39 Å². The summed E-state index contributed by atoms with van der Waals surface area (Å²) in [5, 5.41) is 6.37. The Morgan fingerprint density at radius 1 is 1.05 bits per heavy atom. The number of nitrogens with zero attached hydrogens (tertiary/aromatic N) is 6. The number of aromatic nitrogens is 4. The lowest BCUT2D eigenvalue weighted by Crippen LogP contribution is -2.44. The van der Waals surface area contributed by atoms with E-state index in [4.69, 9.17) is 4.98 Å². The molecular weight excluding hydrogens is 561 g/mol. The van der Waals surface area contributed by atoms with Gasteiger partial charge in [0.1, 0.15) is 11.5 Å². The summed E-state index contributed by atoms with van der Waals surface area (Å²) < 4.78 is 16.8. The third-order valence-electron chi connectivity index (χ3n) is 8.04. The van der Waals surface area contributed by atoms with E-state index in [1.807, 2.05) is 23.6 Å². The monoisotopic (exact) mass is 591 g/mol. The van der Waals surface area contributed by atoms with Crippen LogP contribution in [0.25, 0.3) is 11.0 Å². The second kappa shape index (κ2) is 11.6. The van der Waals surface area contributed by atoms with Gasteiger partial charge in [-0.25, -0.2) is 14.4 Å². The van der Waals surface area contributed by atoms with Crippen molar-refractivity contribution in [2.45, 2.75) is 25.3 Å². The number of thiazole rings is 1. The van der Waals surface area contributed by atoms with Crippen LogP contribution in [0.1, 0.15) is 40.5 Å². The summed E-state index contributed by atoms with van der Waals surface area (Å²) in [6.07, 6.45) is 5.40. The Kier molecular flexibility index (Phi) is 7.35. The molecule has 2 aromatic carbocycles. The van der Waals surface area contributed by atoms with E-state index in [2.05, 4.69) is 56.1 Å². The molecule has 0 unspecified atom stereocenters. The number of pyridine rings is 1. The molecule has 7 rings (SSSR count). The van der Waals surface area contributed by atoms with E-state index in [1.54, 1.807) is 24.5 Å². The number of hydrogen-bond donors (Lipinski definition) is 1. The molecule has 10 heteroatoms. The quantitative estimate of drug-likeness (QED) is 0.272. The van der Waals surface area contributed by atoms with Crippen molar-refractivity contribution in [2.75, 3.05) is 43.4 Å². The number of likely N-dealkylation sites (N-methyl/N-ethyl adjacent to an activating group) is 1. The van der Waals surface area contributed by atoms with Gasteiger partial charge in [-0.3, -0.25) is 9.36 Å². The van der Waals surface area contributed by atoms with Crippen LogP contribution in [0.15, 0.2) is 71.1 Å². The molecule has 8 nitrogen and oxygen atoms in total. The highest BCUT2D eigenvalue weighted by Crippen LogP contribution is 2.42. The Balaban J connectivity index is 1.25. The molecule has 4 heterocycles. The smallest absolute Gasteiger partial charge is 0.268 e. The van der Waals surface area contributed by atoms with Crippen molar-refractivity contribution in [3.63, 3.8) is 0 Å². The lowest BCUT2D eigenvalue weighted by Gasteiger charge is -2.34. The molecule has 1 aliphatic heterocycles. The average molecular weight is 592 g/mol. The molecule has 0 bridgehead atoms. The zero-order chi connectivity index (χ0) is 29.3. The number of halogens is 1. The zero-order valence-corrected chi connectivity index (χ0v) is 24.6. The Bertz CT molecular complexity index is 1900. The van der Waals surface area contributed by atoms with E-state index >= 15 is 4.39 Å². The molecule has 2 fully saturated rings. The maximum atomic E-state index is 15.2. The largest absolute Gasteiger partial charge is 0.369 e. The van der Waals surface area contributed by atoms with E-state index in [0.717, 1.165) is 50.3 Å². The second-order valence-corrected chi connectivity index (χ2v) is 11.9. The summed E-state index contributed by atoms with van der Waals surface area (Å²) >= 11 is 1.40. The molecule has 1 aliphatic carbocycles. The Hall–Kier alpha value is -4.59. The molecular formula is C33H30FN7OS. The minimum Gasteiger partial charge on any atom is -0.369 e. The molecule has 0 spiro atoms. The summed E-state index contributed by atoms with van der Waals surface area (Å²) in [7, 11) is 2.15. The molecule has 1 saturated heterocycles. The molecule has 0 atom stereocenters. The second-order valence-electron chi connectivity index (χ2n) is 11.1. The van der Waals surface area contributed by atoms with Gasteiger partial charge in [-0.15, -0.1) is 11.3 Å². The van der Waals surface area contributed by atoms with E-state index in [1.165, 1.54) is 27.7 Å². The summed E-state index contributed by atoms with van der Waals surface area (Å²) in [5.74, 6) is 6.30. The molecule has 5 aromatic rings. The summed E-state index contributed by atoms with van der Waals surface area (Å²) in [5.41, 5.74) is 3.86. The Morgan fingerprint density at radius 2 is 1.86 bits per heavy atom. The van der Waals surface area contributed by atoms with Crippen molar-refractivity contribution in [3.05, 3.63) is 104 Å². The van der Waals surface area contributed by atoms with E-state index < -0.39 is 0 Å². The van der Waals surface area contributed by atoms with Gasteiger partial charge < -0.3 is 15.1 Å². The van der Waals surface area contributed by atoms with Gasteiger partial charge in [0.25, 0.3) is 5.56 Å². The van der Waals surface area contributed by atoms with Gasteiger partial charge in [-0.1, -0.05) is 18.1 Å². The minimum absolute atomic E-state index is 0.0524. The minimum atomic E-state index is -0.331. The van der Waals surface area contributed by atoms with Gasteiger partial charge in [-0.05, 0) is 73.7 Å². The highest BCUT2D eigenvalue weighted by molar-refractivity contribution is 7.10. The van der Waals surface area contributed by atoms with E-state index in [0.29, 0.717) is 33.5 Å². The van der Waals surface area contributed by atoms with Crippen LogP contribution in [0, 0.1) is 17.7 Å². The van der Waals surface area contributed by atoms with Crippen LogP contribution in [0.2, 0.25) is 0 Å². The Morgan fingerprint density at radius 3 is 2.60 bits per heavy atom. The van der Waals surface area contributed by atoms with Crippen molar-refractivity contribution in [2.24, 2.45) is 0 Å². The van der Waals surface area contributed by atoms with Crippen molar-refractivity contribution in [1.82, 2.24) is 24.4 Å². The normalized spacial score (nSPS) is 15.3. The average Bonchev–Trinajstić information content (AvgIpc) is 3.73. The predicted molar refractivity (Wildman–Crippen MR) is 169 cm³/mol. The molecule has 43 heavy (non-hydrogen) atoms. The number of benzene rings is 2. The van der Waals surface area contributed by atoms with Gasteiger partial charge in [-0.2, -0.15) is 4.98 Å². The number of rotatable bonds is 6. The number of anilines is 3. The molecule has 0 radical (unpaired) electrons. The topological polar surface area (TPSA) is 79.2 Å². The maximum absolute atomic E-state index is 15.2. The van der Waals surface area contributed by atoms with Crippen molar-refractivity contribution in [3.8, 4) is 11.8 Å². The fourth-order valence-corrected chi connectivity index (χ4v) is 5.97. The van der Waals surface area contributed by atoms with Crippen LogP contribution in [0.4, 0.5) is 21.7 Å². The number of fused-ring (bicyclic) bond motifs is 1. The van der Waals surface area contributed by atoms with Crippen molar-refractivity contribution in [1.29, 1.82) is 0 Å². The number of hydrogen-bond acceptors (Lipinski definition) is 8. The van der Waals surface area contributed by atoms with Gasteiger partial charge >= 0.3 is 0 Å². The first-order chi connectivity index (χ1) is 21.0. The Labute approximate surface area is 252 Å². The summed E-state index contributed by atoms with van der Waals surface area (Å²) in [4.78, 5) is 32.1. The summed E-state index contributed by atoms with van der Waals surface area (Å²) in [6.45, 7) is 4.13. The first kappa shape index (κ1) is 27.3. The number of piperazine rings is 1. The third kappa shape index (κ3) is 5.87.